The molecule has 0 spiro atoms. The maximum absolute atomic E-state index is 12.2. The number of amides is 1. The van der Waals surface area contributed by atoms with Crippen LogP contribution in [0.2, 0.25) is 0 Å². The third-order valence-corrected chi connectivity index (χ3v) is 2.45. The summed E-state index contributed by atoms with van der Waals surface area (Å²) in [7, 11) is 1.18. The minimum Gasteiger partial charge on any atom is -0.467 e. The summed E-state index contributed by atoms with van der Waals surface area (Å²) in [6.45, 7) is 0.197. The number of rotatable bonds is 2. The summed E-state index contributed by atoms with van der Waals surface area (Å²) in [5.74, 6) is -1.91. The molecule has 1 heterocycles. The van der Waals surface area contributed by atoms with Gasteiger partial charge in [0, 0.05) is 6.54 Å². The van der Waals surface area contributed by atoms with Gasteiger partial charge in [0.1, 0.15) is 6.04 Å². The van der Waals surface area contributed by atoms with Gasteiger partial charge in [-0.3, -0.25) is 4.79 Å². The van der Waals surface area contributed by atoms with Crippen LogP contribution in [0.1, 0.15) is 19.3 Å². The van der Waals surface area contributed by atoms with Crippen LogP contribution in [0.25, 0.3) is 0 Å². The molecular weight excluding hydrogens is 208 g/mol. The average molecular weight is 221 g/mol. The number of likely N-dealkylation sites (tertiary alicyclic amines) is 1. The lowest BCUT2D eigenvalue weighted by Gasteiger charge is -2.33. The highest BCUT2D eigenvalue weighted by Crippen LogP contribution is 2.19. The molecular formula is C9H13F2NO3. The molecule has 1 aliphatic rings. The van der Waals surface area contributed by atoms with Gasteiger partial charge < -0.3 is 9.64 Å². The second-order valence-electron chi connectivity index (χ2n) is 3.37. The van der Waals surface area contributed by atoms with Gasteiger partial charge in [-0.2, -0.15) is 8.78 Å². The molecule has 1 aliphatic heterocycles. The summed E-state index contributed by atoms with van der Waals surface area (Å²) in [6.07, 6.45) is -1.28. The van der Waals surface area contributed by atoms with Crippen molar-refractivity contribution < 1.29 is 23.1 Å². The lowest BCUT2D eigenvalue weighted by Crippen LogP contribution is -2.50. The zero-order valence-corrected chi connectivity index (χ0v) is 8.41. The van der Waals surface area contributed by atoms with Crippen molar-refractivity contribution in [3.05, 3.63) is 0 Å². The van der Waals surface area contributed by atoms with E-state index in [0.29, 0.717) is 12.8 Å². The second-order valence-corrected chi connectivity index (χ2v) is 3.37. The first kappa shape index (κ1) is 11.9. The topological polar surface area (TPSA) is 46.6 Å². The van der Waals surface area contributed by atoms with Crippen LogP contribution in [0.3, 0.4) is 0 Å². The highest BCUT2D eigenvalue weighted by atomic mass is 19.3. The molecule has 0 aromatic carbocycles. The van der Waals surface area contributed by atoms with E-state index in [1.807, 2.05) is 0 Å². The van der Waals surface area contributed by atoms with Gasteiger partial charge in [-0.15, -0.1) is 0 Å². The van der Waals surface area contributed by atoms with Crippen molar-refractivity contribution in [3.63, 3.8) is 0 Å². The molecule has 1 rings (SSSR count). The molecule has 0 aromatic rings. The zero-order chi connectivity index (χ0) is 11.4. The molecule has 4 nitrogen and oxygen atoms in total. The largest absolute Gasteiger partial charge is 0.467 e. The van der Waals surface area contributed by atoms with Gasteiger partial charge in [-0.1, -0.05) is 0 Å². The summed E-state index contributed by atoms with van der Waals surface area (Å²) in [4.78, 5) is 23.3. The number of alkyl halides is 2. The van der Waals surface area contributed by atoms with Crippen molar-refractivity contribution >= 4 is 11.9 Å². The molecule has 1 amide bonds. The summed E-state index contributed by atoms with van der Waals surface area (Å²) in [6, 6.07) is -0.842. The van der Waals surface area contributed by atoms with E-state index in [-0.39, 0.29) is 6.54 Å². The van der Waals surface area contributed by atoms with E-state index in [9.17, 15) is 18.4 Å². The summed E-state index contributed by atoms with van der Waals surface area (Å²) < 4.78 is 28.9. The Hall–Kier alpha value is -1.20. The first-order valence-corrected chi connectivity index (χ1v) is 4.74. The zero-order valence-electron chi connectivity index (χ0n) is 8.41. The fourth-order valence-electron chi connectivity index (χ4n) is 1.70. The number of carbonyl (C=O) groups excluding carboxylic acids is 2. The van der Waals surface area contributed by atoms with Gasteiger partial charge in [-0.25, -0.2) is 4.79 Å². The van der Waals surface area contributed by atoms with Crippen LogP contribution < -0.4 is 0 Å². The quantitative estimate of drug-likeness (QED) is 0.648. The Balaban J connectivity index is 2.73. The fraction of sp³-hybridized carbons (Fsp3) is 0.778. The number of halogens is 2. The average Bonchev–Trinajstić information content (AvgIpc) is 2.27. The number of carbonyl (C=O) groups is 2. The Bertz CT molecular complexity index is 258. The van der Waals surface area contributed by atoms with Crippen molar-refractivity contribution in [2.45, 2.75) is 31.7 Å². The Morgan fingerprint density at radius 1 is 1.40 bits per heavy atom. The van der Waals surface area contributed by atoms with Crippen molar-refractivity contribution in [2.75, 3.05) is 13.7 Å². The maximum atomic E-state index is 12.2. The second kappa shape index (κ2) is 5.04. The standard InChI is InChI=1S/C9H13F2NO3/c1-15-9(14)6-4-2-3-5-12(6)8(13)7(10)11/h6-7H,2-5H2,1H3. The van der Waals surface area contributed by atoms with E-state index in [0.717, 1.165) is 11.3 Å². The van der Waals surface area contributed by atoms with Gasteiger partial charge in [-0.05, 0) is 19.3 Å². The Morgan fingerprint density at radius 2 is 2.07 bits per heavy atom. The van der Waals surface area contributed by atoms with Crippen LogP contribution in [0.15, 0.2) is 0 Å². The van der Waals surface area contributed by atoms with E-state index >= 15 is 0 Å². The van der Waals surface area contributed by atoms with Gasteiger partial charge in [0.25, 0.3) is 5.91 Å². The monoisotopic (exact) mass is 221 g/mol. The third kappa shape index (κ3) is 2.64. The number of nitrogens with zero attached hydrogens (tertiary/aromatic N) is 1. The number of esters is 1. The molecule has 0 radical (unpaired) electrons. The number of ether oxygens (including phenoxy) is 1. The number of hydrogen-bond acceptors (Lipinski definition) is 3. The van der Waals surface area contributed by atoms with Crippen molar-refractivity contribution in [2.24, 2.45) is 0 Å². The molecule has 1 atom stereocenters. The first-order valence-electron chi connectivity index (χ1n) is 4.74. The van der Waals surface area contributed by atoms with E-state index in [1.54, 1.807) is 0 Å². The third-order valence-electron chi connectivity index (χ3n) is 2.45. The number of piperidine rings is 1. The highest BCUT2D eigenvalue weighted by Gasteiger charge is 2.36. The minimum absolute atomic E-state index is 0.197. The summed E-state index contributed by atoms with van der Waals surface area (Å²) in [5.41, 5.74) is 0. The molecule has 1 saturated heterocycles. The predicted molar refractivity (Wildman–Crippen MR) is 47.4 cm³/mol. The van der Waals surface area contributed by atoms with E-state index in [4.69, 9.17) is 0 Å². The normalized spacial score (nSPS) is 21.6. The molecule has 0 aromatic heterocycles. The maximum Gasteiger partial charge on any atom is 0.328 e. The van der Waals surface area contributed by atoms with Gasteiger partial charge in [0.15, 0.2) is 0 Å². The molecule has 1 unspecified atom stereocenters. The molecule has 0 bridgehead atoms. The first-order chi connectivity index (χ1) is 7.07. The Labute approximate surface area is 86.2 Å². The summed E-state index contributed by atoms with van der Waals surface area (Å²) >= 11 is 0. The molecule has 0 saturated carbocycles. The molecule has 1 fully saturated rings. The van der Waals surface area contributed by atoms with Gasteiger partial charge >= 0.3 is 12.4 Å². The molecule has 6 heteroatoms. The van der Waals surface area contributed by atoms with Crippen LogP contribution in [0, 0.1) is 0 Å². The fourth-order valence-corrected chi connectivity index (χ4v) is 1.70. The Morgan fingerprint density at radius 3 is 2.60 bits per heavy atom. The van der Waals surface area contributed by atoms with Crippen LogP contribution in [0.5, 0.6) is 0 Å². The van der Waals surface area contributed by atoms with Crippen LogP contribution >= 0.6 is 0 Å². The predicted octanol–water partition coefficient (Wildman–Crippen LogP) is 0.806. The SMILES string of the molecule is COC(=O)C1CCCCN1C(=O)C(F)F. The summed E-state index contributed by atoms with van der Waals surface area (Å²) in [5, 5.41) is 0. The smallest absolute Gasteiger partial charge is 0.328 e. The molecule has 0 N–H and O–H groups in total. The highest BCUT2D eigenvalue weighted by molar-refractivity contribution is 5.86. The van der Waals surface area contributed by atoms with Gasteiger partial charge in [0.2, 0.25) is 0 Å². The van der Waals surface area contributed by atoms with Crippen LogP contribution in [0.4, 0.5) is 8.78 Å². The van der Waals surface area contributed by atoms with Gasteiger partial charge in [0.05, 0.1) is 7.11 Å². The van der Waals surface area contributed by atoms with Crippen molar-refractivity contribution in [1.82, 2.24) is 4.90 Å². The lowest BCUT2D eigenvalue weighted by molar-refractivity contribution is -0.159. The lowest BCUT2D eigenvalue weighted by atomic mass is 10.0. The number of hydrogen-bond donors (Lipinski definition) is 0. The van der Waals surface area contributed by atoms with E-state index < -0.39 is 24.3 Å². The van der Waals surface area contributed by atoms with Crippen LogP contribution in [-0.2, 0) is 14.3 Å². The Kier molecular flexibility index (Phi) is 3.99. The molecule has 15 heavy (non-hydrogen) atoms. The van der Waals surface area contributed by atoms with E-state index in [2.05, 4.69) is 4.74 Å². The number of methoxy groups -OCH3 is 1. The van der Waals surface area contributed by atoms with Crippen molar-refractivity contribution in [3.8, 4) is 0 Å². The van der Waals surface area contributed by atoms with Crippen LogP contribution in [-0.4, -0.2) is 42.9 Å². The van der Waals surface area contributed by atoms with E-state index in [1.165, 1.54) is 7.11 Å². The minimum atomic E-state index is -3.06. The molecule has 0 aliphatic carbocycles. The molecule has 86 valence electrons. The van der Waals surface area contributed by atoms with Crippen molar-refractivity contribution in [1.29, 1.82) is 0 Å².